The van der Waals surface area contributed by atoms with E-state index in [1.165, 1.54) is 0 Å². The van der Waals surface area contributed by atoms with Gasteiger partial charge in [0.25, 0.3) is 0 Å². The highest BCUT2D eigenvalue weighted by Crippen LogP contribution is 2.37. The maximum atomic E-state index is 10.6. The molecular formula is C23H29ClO7. The minimum Gasteiger partial charge on any atom is -0.497 e. The molecule has 8 heteroatoms. The van der Waals surface area contributed by atoms with Crippen molar-refractivity contribution in [1.82, 2.24) is 0 Å². The first-order chi connectivity index (χ1) is 14.9. The summed E-state index contributed by atoms with van der Waals surface area (Å²) < 4.78 is 16.5. The summed E-state index contributed by atoms with van der Waals surface area (Å²) >= 11 is 6.56. The van der Waals surface area contributed by atoms with E-state index in [9.17, 15) is 20.4 Å². The topological polar surface area (TPSA) is 109 Å². The molecular weight excluding hydrogens is 424 g/mol. The molecule has 0 aliphatic carbocycles. The van der Waals surface area contributed by atoms with Crippen LogP contribution in [0.1, 0.15) is 35.3 Å². The summed E-state index contributed by atoms with van der Waals surface area (Å²) in [6, 6.07) is 11.2. The molecule has 2 aromatic rings. The molecule has 1 fully saturated rings. The van der Waals surface area contributed by atoms with Gasteiger partial charge in [0, 0.05) is 11.6 Å². The van der Waals surface area contributed by atoms with Crippen LogP contribution in [0.5, 0.6) is 5.75 Å². The second kappa shape index (κ2) is 10.7. The van der Waals surface area contributed by atoms with E-state index >= 15 is 0 Å². The summed E-state index contributed by atoms with van der Waals surface area (Å²) in [5.41, 5.74) is 3.12. The first-order valence-electron chi connectivity index (χ1n) is 10.2. The summed E-state index contributed by atoms with van der Waals surface area (Å²) in [5, 5.41) is 41.1. The second-order valence-corrected chi connectivity index (χ2v) is 7.96. The van der Waals surface area contributed by atoms with Crippen LogP contribution >= 0.6 is 11.6 Å². The van der Waals surface area contributed by atoms with Crippen molar-refractivity contribution >= 4 is 11.6 Å². The number of hydrogen-bond acceptors (Lipinski definition) is 7. The van der Waals surface area contributed by atoms with E-state index in [-0.39, 0.29) is 6.61 Å². The van der Waals surface area contributed by atoms with Crippen LogP contribution in [0.2, 0.25) is 5.02 Å². The molecule has 2 aromatic carbocycles. The summed E-state index contributed by atoms with van der Waals surface area (Å²) in [5.74, 6) is 0.754. The molecule has 1 heterocycles. The maximum Gasteiger partial charge on any atom is 0.118 e. The molecule has 7 nitrogen and oxygen atoms in total. The van der Waals surface area contributed by atoms with Crippen LogP contribution in [0.4, 0.5) is 0 Å². The van der Waals surface area contributed by atoms with Gasteiger partial charge >= 0.3 is 0 Å². The van der Waals surface area contributed by atoms with Crippen LogP contribution in [-0.2, 0) is 22.5 Å². The highest BCUT2D eigenvalue weighted by Gasteiger charge is 2.44. The van der Waals surface area contributed by atoms with Crippen molar-refractivity contribution in [3.8, 4) is 5.75 Å². The molecule has 1 saturated heterocycles. The monoisotopic (exact) mass is 452 g/mol. The van der Waals surface area contributed by atoms with Gasteiger partial charge in [-0.1, -0.05) is 29.8 Å². The van der Waals surface area contributed by atoms with Crippen molar-refractivity contribution in [2.75, 3.05) is 20.3 Å². The Morgan fingerprint density at radius 1 is 1.00 bits per heavy atom. The van der Waals surface area contributed by atoms with E-state index in [2.05, 4.69) is 0 Å². The predicted molar refractivity (Wildman–Crippen MR) is 115 cm³/mol. The molecule has 1 aliphatic heterocycles. The lowest BCUT2D eigenvalue weighted by Crippen LogP contribution is -2.55. The Hall–Kier alpha value is -1.71. The van der Waals surface area contributed by atoms with Gasteiger partial charge in [-0.3, -0.25) is 0 Å². The molecule has 0 bridgehead atoms. The van der Waals surface area contributed by atoms with Crippen molar-refractivity contribution < 1.29 is 34.6 Å². The van der Waals surface area contributed by atoms with Crippen LogP contribution in [0, 0.1) is 0 Å². The van der Waals surface area contributed by atoms with Crippen molar-refractivity contribution in [2.24, 2.45) is 0 Å². The number of hydrogen-bond donors (Lipinski definition) is 4. The number of halogens is 1. The average molecular weight is 453 g/mol. The van der Waals surface area contributed by atoms with Gasteiger partial charge in [-0.05, 0) is 53.8 Å². The number of rotatable bonds is 8. The zero-order chi connectivity index (χ0) is 22.5. The maximum absolute atomic E-state index is 10.6. The van der Waals surface area contributed by atoms with Gasteiger partial charge in [0.05, 0.1) is 20.3 Å². The van der Waals surface area contributed by atoms with Gasteiger partial charge in [0.2, 0.25) is 0 Å². The lowest BCUT2D eigenvalue weighted by atomic mass is 9.87. The second-order valence-electron chi connectivity index (χ2n) is 7.55. The fraction of sp³-hybridized carbons (Fsp3) is 0.478. The van der Waals surface area contributed by atoms with E-state index in [0.29, 0.717) is 29.2 Å². The summed E-state index contributed by atoms with van der Waals surface area (Å²) in [7, 11) is 1.61. The van der Waals surface area contributed by atoms with Crippen molar-refractivity contribution in [3.05, 3.63) is 63.7 Å². The Morgan fingerprint density at radius 2 is 1.71 bits per heavy atom. The van der Waals surface area contributed by atoms with Gasteiger partial charge < -0.3 is 34.6 Å². The normalized spacial score (nSPS) is 26.1. The molecule has 0 saturated carbocycles. The standard InChI is InChI=1S/C23H29ClO7/c1-3-30-12-15-10-18(24)14(8-13-4-6-16(29-2)7-5-13)9-17(15)23-22(28)21(27)20(26)19(11-25)31-23/h4-7,9-10,19-23,25-28H,3,8,11-12H2,1-2H3/t19-,20-,21+,22-,23+/m1/s1. The van der Waals surface area contributed by atoms with Crippen molar-refractivity contribution in [2.45, 2.75) is 50.5 Å². The quantitative estimate of drug-likeness (QED) is 0.485. The van der Waals surface area contributed by atoms with E-state index < -0.39 is 37.1 Å². The SMILES string of the molecule is CCOCc1cc(Cl)c(Cc2ccc(OC)cc2)cc1[C@@H]1O[C@H](CO)[C@@H](O)[C@H](O)[C@H]1O. The third-order valence-corrected chi connectivity index (χ3v) is 5.87. The molecule has 170 valence electrons. The van der Waals surface area contributed by atoms with E-state index in [0.717, 1.165) is 16.9 Å². The Balaban J connectivity index is 1.98. The minimum absolute atomic E-state index is 0.239. The Morgan fingerprint density at radius 3 is 2.32 bits per heavy atom. The zero-order valence-electron chi connectivity index (χ0n) is 17.6. The van der Waals surface area contributed by atoms with Crippen LogP contribution in [0.15, 0.2) is 36.4 Å². The van der Waals surface area contributed by atoms with Crippen LogP contribution in [0.25, 0.3) is 0 Å². The largest absolute Gasteiger partial charge is 0.497 e. The van der Waals surface area contributed by atoms with E-state index in [4.69, 9.17) is 25.8 Å². The number of ether oxygens (including phenoxy) is 3. The summed E-state index contributed by atoms with van der Waals surface area (Å²) in [6.07, 6.45) is -5.69. The zero-order valence-corrected chi connectivity index (χ0v) is 18.3. The molecule has 4 N–H and O–H groups in total. The summed E-state index contributed by atoms with van der Waals surface area (Å²) in [4.78, 5) is 0. The molecule has 31 heavy (non-hydrogen) atoms. The fourth-order valence-electron chi connectivity index (χ4n) is 3.74. The Bertz CT molecular complexity index is 856. The molecule has 0 radical (unpaired) electrons. The molecule has 0 aromatic heterocycles. The van der Waals surface area contributed by atoms with Gasteiger partial charge in [-0.25, -0.2) is 0 Å². The molecule has 5 atom stereocenters. The van der Waals surface area contributed by atoms with Crippen LogP contribution in [-0.4, -0.2) is 65.2 Å². The lowest BCUT2D eigenvalue weighted by molar-refractivity contribution is -0.232. The van der Waals surface area contributed by atoms with Gasteiger partial charge in [-0.2, -0.15) is 0 Å². The molecule has 1 aliphatic rings. The highest BCUT2D eigenvalue weighted by molar-refractivity contribution is 6.31. The third-order valence-electron chi connectivity index (χ3n) is 5.52. The number of benzene rings is 2. The first kappa shape index (κ1) is 23.9. The minimum atomic E-state index is -1.46. The first-order valence-corrected chi connectivity index (χ1v) is 10.6. The van der Waals surface area contributed by atoms with E-state index in [1.807, 2.05) is 37.3 Å². The van der Waals surface area contributed by atoms with E-state index in [1.54, 1.807) is 13.2 Å². The van der Waals surface area contributed by atoms with Crippen molar-refractivity contribution in [1.29, 1.82) is 0 Å². The number of aliphatic hydroxyl groups is 4. The molecule has 0 amide bonds. The summed E-state index contributed by atoms with van der Waals surface area (Å²) in [6.45, 7) is 2.10. The highest BCUT2D eigenvalue weighted by atomic mass is 35.5. The average Bonchev–Trinajstić information content (AvgIpc) is 2.78. The number of methoxy groups -OCH3 is 1. The Labute approximate surface area is 186 Å². The molecule has 3 rings (SSSR count). The van der Waals surface area contributed by atoms with Gasteiger partial charge in [0.15, 0.2) is 0 Å². The van der Waals surface area contributed by atoms with Crippen LogP contribution < -0.4 is 4.74 Å². The molecule has 0 unspecified atom stereocenters. The number of aliphatic hydroxyl groups excluding tert-OH is 4. The molecule has 0 spiro atoms. The van der Waals surface area contributed by atoms with Crippen molar-refractivity contribution in [3.63, 3.8) is 0 Å². The lowest BCUT2D eigenvalue weighted by Gasteiger charge is -2.41. The Kier molecular flexibility index (Phi) is 8.30. The van der Waals surface area contributed by atoms with Gasteiger partial charge in [-0.15, -0.1) is 0 Å². The fourth-order valence-corrected chi connectivity index (χ4v) is 3.99. The van der Waals surface area contributed by atoms with Gasteiger partial charge in [0.1, 0.15) is 36.3 Å². The smallest absolute Gasteiger partial charge is 0.118 e. The third kappa shape index (κ3) is 5.38. The van der Waals surface area contributed by atoms with Crippen LogP contribution in [0.3, 0.4) is 0 Å². The predicted octanol–water partition coefficient (Wildman–Crippen LogP) is 1.99.